The molecule has 8 unspecified atom stereocenters. The maximum Gasteiger partial charge on any atom is 0.164 e. The molecule has 0 aromatic carbocycles. The van der Waals surface area contributed by atoms with Crippen LogP contribution in [0.25, 0.3) is 0 Å². The average Bonchev–Trinajstić information content (AvgIpc) is 3.07. The van der Waals surface area contributed by atoms with Gasteiger partial charge in [0.25, 0.3) is 0 Å². The van der Waals surface area contributed by atoms with Gasteiger partial charge in [-0.2, -0.15) is 0 Å². The number of rotatable bonds is 2. The van der Waals surface area contributed by atoms with Gasteiger partial charge in [0.2, 0.25) is 0 Å². The van der Waals surface area contributed by atoms with Crippen molar-refractivity contribution in [3.8, 4) is 0 Å². The van der Waals surface area contributed by atoms with E-state index in [0.717, 1.165) is 25.7 Å². The summed E-state index contributed by atoms with van der Waals surface area (Å²) in [5, 5.41) is 32.0. The Morgan fingerprint density at radius 2 is 1.93 bits per heavy atom. The molecular weight excluding hydrogens is 348 g/mol. The molecule has 4 aliphatic carbocycles. The number of hydrogen-bond acceptors (Lipinski definition) is 6. The van der Waals surface area contributed by atoms with Crippen LogP contribution in [0.2, 0.25) is 0 Å². The minimum absolute atomic E-state index is 0.0212. The number of Topliss-reactive ketones (excluding diaryl/α,β-unsaturated/α-hetero) is 2. The second-order valence-corrected chi connectivity index (χ2v) is 10.1. The van der Waals surface area contributed by atoms with Crippen LogP contribution in [0.3, 0.4) is 0 Å². The van der Waals surface area contributed by atoms with E-state index in [9.17, 15) is 24.9 Å². The second kappa shape index (κ2) is 5.41. The maximum atomic E-state index is 12.4. The first-order valence-electron chi connectivity index (χ1n) is 10.5. The zero-order valence-electron chi connectivity index (χ0n) is 15.9. The lowest BCUT2D eigenvalue weighted by Gasteiger charge is -2.62. The van der Waals surface area contributed by atoms with Crippen LogP contribution in [-0.4, -0.2) is 51.0 Å². The van der Waals surface area contributed by atoms with E-state index in [-0.39, 0.29) is 41.2 Å². The molecule has 0 aromatic rings. The van der Waals surface area contributed by atoms with Gasteiger partial charge in [-0.1, -0.05) is 6.92 Å². The molecule has 3 N–H and O–H groups in total. The van der Waals surface area contributed by atoms with Crippen molar-refractivity contribution >= 4 is 11.6 Å². The van der Waals surface area contributed by atoms with Crippen LogP contribution in [0.1, 0.15) is 64.7 Å². The van der Waals surface area contributed by atoms with E-state index in [1.807, 2.05) is 0 Å². The first-order valence-corrected chi connectivity index (χ1v) is 10.5. The predicted molar refractivity (Wildman–Crippen MR) is 94.4 cm³/mol. The number of aliphatic hydroxyl groups excluding tert-OH is 2. The molecule has 1 saturated heterocycles. The molecule has 5 rings (SSSR count). The molecule has 1 spiro atoms. The SMILES string of the molecule is CC12CCC3C4(CCC5(O)CC(=O)CCC35C(O)O4)C1CCC2C(=O)CO. The number of carbonyl (C=O) groups is 2. The Bertz CT molecular complexity index is 707. The molecule has 6 nitrogen and oxygen atoms in total. The molecule has 0 amide bonds. The van der Waals surface area contributed by atoms with Crippen LogP contribution in [0, 0.1) is 28.6 Å². The average molecular weight is 378 g/mol. The van der Waals surface area contributed by atoms with Gasteiger partial charge in [0.1, 0.15) is 12.4 Å². The van der Waals surface area contributed by atoms with Gasteiger partial charge in [0.15, 0.2) is 12.1 Å². The lowest BCUT2D eigenvalue weighted by molar-refractivity contribution is -0.214. The number of aliphatic hydroxyl groups is 3. The Balaban J connectivity index is 1.58. The fourth-order valence-corrected chi connectivity index (χ4v) is 8.45. The molecule has 150 valence electrons. The quantitative estimate of drug-likeness (QED) is 0.670. The van der Waals surface area contributed by atoms with Gasteiger partial charge in [-0.3, -0.25) is 9.59 Å². The van der Waals surface area contributed by atoms with Gasteiger partial charge in [-0.25, -0.2) is 0 Å². The van der Waals surface area contributed by atoms with Crippen molar-refractivity contribution in [3.05, 3.63) is 0 Å². The summed E-state index contributed by atoms with van der Waals surface area (Å²) in [4.78, 5) is 24.5. The van der Waals surface area contributed by atoms with Crippen molar-refractivity contribution in [2.75, 3.05) is 6.61 Å². The van der Waals surface area contributed by atoms with Crippen LogP contribution in [0.15, 0.2) is 0 Å². The van der Waals surface area contributed by atoms with Crippen LogP contribution in [0.5, 0.6) is 0 Å². The standard InChI is InChI=1S/C21H30O6/c1-18-6-5-16-20-7-4-12(23)10-19(20,26)8-9-21(16,27-17(20)25)15(18)3-2-13(18)14(24)11-22/h13,15-17,22,25-26H,2-11H2,1H3. The fourth-order valence-electron chi connectivity index (χ4n) is 8.45. The maximum absolute atomic E-state index is 12.4. The molecule has 2 bridgehead atoms. The Morgan fingerprint density at radius 1 is 1.15 bits per heavy atom. The predicted octanol–water partition coefficient (Wildman–Crippen LogP) is 1.34. The summed E-state index contributed by atoms with van der Waals surface area (Å²) in [6, 6.07) is 0. The third-order valence-electron chi connectivity index (χ3n) is 9.53. The number of fused-ring (bicyclic) bond motifs is 1. The van der Waals surface area contributed by atoms with Crippen LogP contribution >= 0.6 is 0 Å². The summed E-state index contributed by atoms with van der Waals surface area (Å²) in [5.41, 5.74) is -2.70. The highest BCUT2D eigenvalue weighted by Crippen LogP contribution is 2.75. The van der Waals surface area contributed by atoms with E-state index in [1.54, 1.807) is 0 Å². The van der Waals surface area contributed by atoms with Crippen molar-refractivity contribution < 1.29 is 29.6 Å². The lowest BCUT2D eigenvalue weighted by Crippen LogP contribution is -2.67. The highest BCUT2D eigenvalue weighted by molar-refractivity contribution is 5.83. The van der Waals surface area contributed by atoms with Crippen molar-refractivity contribution in [2.24, 2.45) is 28.6 Å². The van der Waals surface area contributed by atoms with E-state index >= 15 is 0 Å². The van der Waals surface area contributed by atoms with Crippen molar-refractivity contribution in [2.45, 2.75) is 82.2 Å². The topological polar surface area (TPSA) is 104 Å². The molecule has 1 heterocycles. The van der Waals surface area contributed by atoms with Crippen molar-refractivity contribution in [1.29, 1.82) is 0 Å². The molecule has 5 fully saturated rings. The summed E-state index contributed by atoms with van der Waals surface area (Å²) in [6.45, 7) is 1.73. The minimum Gasteiger partial charge on any atom is -0.389 e. The van der Waals surface area contributed by atoms with Crippen molar-refractivity contribution in [1.82, 2.24) is 0 Å². The minimum atomic E-state index is -1.18. The van der Waals surface area contributed by atoms with Gasteiger partial charge < -0.3 is 20.1 Å². The summed E-state index contributed by atoms with van der Waals surface area (Å²) in [7, 11) is 0. The van der Waals surface area contributed by atoms with Gasteiger partial charge in [0, 0.05) is 24.7 Å². The normalized spacial score (nSPS) is 56.4. The zero-order valence-corrected chi connectivity index (χ0v) is 15.9. The fraction of sp³-hybridized carbons (Fsp3) is 0.905. The van der Waals surface area contributed by atoms with Crippen molar-refractivity contribution in [3.63, 3.8) is 0 Å². The van der Waals surface area contributed by atoms with Crippen LogP contribution < -0.4 is 0 Å². The largest absolute Gasteiger partial charge is 0.389 e. The van der Waals surface area contributed by atoms with Gasteiger partial charge in [-0.15, -0.1) is 0 Å². The molecule has 0 radical (unpaired) electrons. The summed E-state index contributed by atoms with van der Waals surface area (Å²) in [5.74, 6) is -0.00856. The third kappa shape index (κ3) is 1.91. The second-order valence-electron chi connectivity index (χ2n) is 10.1. The molecule has 0 aromatic heterocycles. The first-order chi connectivity index (χ1) is 12.7. The van der Waals surface area contributed by atoms with E-state index < -0.39 is 29.5 Å². The molecular formula is C21H30O6. The smallest absolute Gasteiger partial charge is 0.164 e. The molecule has 27 heavy (non-hydrogen) atoms. The third-order valence-corrected chi connectivity index (χ3v) is 9.53. The van der Waals surface area contributed by atoms with E-state index in [1.165, 1.54) is 0 Å². The first kappa shape index (κ1) is 18.2. The van der Waals surface area contributed by atoms with Crippen LogP contribution in [0.4, 0.5) is 0 Å². The van der Waals surface area contributed by atoms with Gasteiger partial charge in [0.05, 0.1) is 16.6 Å². The van der Waals surface area contributed by atoms with Crippen LogP contribution in [-0.2, 0) is 14.3 Å². The Kier molecular flexibility index (Phi) is 3.65. The zero-order chi connectivity index (χ0) is 19.2. The van der Waals surface area contributed by atoms with Gasteiger partial charge in [-0.05, 0) is 56.3 Å². The lowest BCUT2D eigenvalue weighted by atomic mass is 9.42. The number of carbonyl (C=O) groups excluding carboxylic acids is 2. The number of ketones is 2. The summed E-state index contributed by atoms with van der Waals surface area (Å²) in [6.07, 6.45) is 4.26. The Morgan fingerprint density at radius 3 is 2.67 bits per heavy atom. The molecule has 1 aliphatic heterocycles. The molecule has 5 aliphatic rings. The number of hydrogen-bond donors (Lipinski definition) is 3. The monoisotopic (exact) mass is 378 g/mol. The van der Waals surface area contributed by atoms with E-state index in [0.29, 0.717) is 25.7 Å². The number of ether oxygens (including phenoxy) is 1. The van der Waals surface area contributed by atoms with Gasteiger partial charge >= 0.3 is 0 Å². The van der Waals surface area contributed by atoms with E-state index in [2.05, 4.69) is 6.92 Å². The summed E-state index contributed by atoms with van der Waals surface area (Å²) < 4.78 is 6.39. The highest BCUT2D eigenvalue weighted by Gasteiger charge is 2.79. The molecule has 4 saturated carbocycles. The van der Waals surface area contributed by atoms with E-state index in [4.69, 9.17) is 4.74 Å². The molecule has 8 atom stereocenters. The Hall–Kier alpha value is -0.820. The highest BCUT2D eigenvalue weighted by atomic mass is 16.6. The Labute approximate surface area is 159 Å². The molecule has 6 heteroatoms. The summed E-state index contributed by atoms with van der Waals surface area (Å²) >= 11 is 0.